The zero-order valence-corrected chi connectivity index (χ0v) is 27.1. The first kappa shape index (κ1) is 30.1. The summed E-state index contributed by atoms with van der Waals surface area (Å²) in [5.74, 6) is 1.38. The van der Waals surface area contributed by atoms with Crippen LogP contribution in [-0.2, 0) is 4.74 Å². The van der Waals surface area contributed by atoms with Gasteiger partial charge in [0.15, 0.2) is 5.82 Å². The number of halogens is 2. The zero-order chi connectivity index (χ0) is 32.8. The van der Waals surface area contributed by atoms with Crippen molar-refractivity contribution in [2.45, 2.75) is 56.7 Å². The number of likely N-dealkylation sites (tertiary alicyclic amines) is 1. The SMILES string of the molecule is C#Cc1cccc2cc(O)cc(-c3c(F)cc4c(N5CC6CCC(C5)N6)nc(OCC5(CN6CC7(CC(OC)C7)C6)CC5)nc4c3F)c12. The predicted molar refractivity (Wildman–Crippen MR) is 180 cm³/mol. The van der Waals surface area contributed by atoms with Gasteiger partial charge in [-0.05, 0) is 68.2 Å². The van der Waals surface area contributed by atoms with Gasteiger partial charge < -0.3 is 29.7 Å². The summed E-state index contributed by atoms with van der Waals surface area (Å²) in [6.45, 7) is 4.95. The summed E-state index contributed by atoms with van der Waals surface area (Å²) in [6, 6.07) is 10.1. The van der Waals surface area contributed by atoms with Crippen molar-refractivity contribution in [2.24, 2.45) is 10.8 Å². The highest BCUT2D eigenvalue weighted by atomic mass is 19.1. The standard InChI is InChI=1S/C38H39F2N5O3/c1-3-22-5-4-6-23-11-26(46)12-28(31(22)23)32-30(39)13-29-34(33(32)40)42-36(43-35(29)45-16-24-7-8-25(17-45)41-24)48-21-37(9-10-37)18-44-19-38(20-44)14-27(15-38)47-2/h1,4-6,11-13,24-25,27,41,46H,7-10,14-21H2,2H3. The van der Waals surface area contributed by atoms with Crippen molar-refractivity contribution in [3.8, 4) is 35.2 Å². The molecule has 10 heteroatoms. The molecule has 2 unspecified atom stereocenters. The molecule has 2 bridgehead atoms. The lowest BCUT2D eigenvalue weighted by Crippen LogP contribution is -2.64. The zero-order valence-electron chi connectivity index (χ0n) is 27.1. The number of ether oxygens (including phenoxy) is 2. The molecule has 2 aliphatic carbocycles. The van der Waals surface area contributed by atoms with Crippen LogP contribution in [0.15, 0.2) is 36.4 Å². The fraction of sp³-hybridized carbons (Fsp3) is 0.474. The first-order chi connectivity index (χ1) is 23.2. The van der Waals surface area contributed by atoms with Crippen LogP contribution in [0.3, 0.4) is 0 Å². The maximum atomic E-state index is 16.9. The summed E-state index contributed by atoms with van der Waals surface area (Å²) >= 11 is 0. The highest BCUT2D eigenvalue weighted by molar-refractivity contribution is 6.04. The largest absolute Gasteiger partial charge is 0.508 e. The number of hydrogen-bond acceptors (Lipinski definition) is 8. The third-order valence-corrected chi connectivity index (χ3v) is 11.5. The van der Waals surface area contributed by atoms with E-state index in [0.717, 1.165) is 58.2 Å². The molecule has 3 saturated heterocycles. The Hall–Kier alpha value is -4.04. The summed E-state index contributed by atoms with van der Waals surface area (Å²) in [6.07, 6.45) is 12.7. The van der Waals surface area contributed by atoms with Gasteiger partial charge in [0, 0.05) is 84.6 Å². The van der Waals surface area contributed by atoms with E-state index in [0.29, 0.717) is 58.8 Å². The van der Waals surface area contributed by atoms with Crippen molar-refractivity contribution in [1.29, 1.82) is 0 Å². The number of terminal acetylenes is 1. The van der Waals surface area contributed by atoms with Crippen molar-refractivity contribution >= 4 is 27.5 Å². The van der Waals surface area contributed by atoms with Crippen LogP contribution in [0.4, 0.5) is 14.6 Å². The Labute approximate surface area is 278 Å². The topological polar surface area (TPSA) is 83.0 Å². The number of methoxy groups -OCH3 is 1. The van der Waals surface area contributed by atoms with E-state index < -0.39 is 11.6 Å². The van der Waals surface area contributed by atoms with E-state index in [2.05, 4.69) is 26.0 Å². The van der Waals surface area contributed by atoms with Crippen molar-refractivity contribution < 1.29 is 23.4 Å². The van der Waals surface area contributed by atoms with Gasteiger partial charge in [-0.1, -0.05) is 18.1 Å². The number of phenolic OH excluding ortho intramolecular Hbond substituents is 1. The number of fused-ring (bicyclic) bond motifs is 4. The first-order valence-corrected chi connectivity index (χ1v) is 17.1. The lowest BCUT2D eigenvalue weighted by molar-refractivity contribution is -0.145. The van der Waals surface area contributed by atoms with E-state index in [9.17, 15) is 5.11 Å². The number of rotatable bonds is 8. The molecule has 4 aromatic rings. The second-order valence-corrected chi connectivity index (χ2v) is 15.1. The van der Waals surface area contributed by atoms with Gasteiger partial charge in [-0.3, -0.25) is 0 Å². The summed E-state index contributed by atoms with van der Waals surface area (Å²) < 4.78 is 45.1. The molecule has 1 aromatic heterocycles. The van der Waals surface area contributed by atoms with Crippen LogP contribution in [-0.4, -0.2) is 84.6 Å². The Kier molecular flexibility index (Phi) is 6.88. The Morgan fingerprint density at radius 3 is 2.56 bits per heavy atom. The fourth-order valence-electron chi connectivity index (χ4n) is 8.97. The normalized spacial score (nSPS) is 24.1. The van der Waals surface area contributed by atoms with Gasteiger partial charge in [-0.2, -0.15) is 9.97 Å². The summed E-state index contributed by atoms with van der Waals surface area (Å²) in [5, 5.41) is 15.6. The maximum absolute atomic E-state index is 16.9. The highest BCUT2D eigenvalue weighted by Gasteiger charge is 2.55. The summed E-state index contributed by atoms with van der Waals surface area (Å²) in [4.78, 5) is 14.1. The first-order valence-electron chi connectivity index (χ1n) is 17.1. The van der Waals surface area contributed by atoms with Crippen LogP contribution in [0.5, 0.6) is 11.8 Å². The molecule has 2 saturated carbocycles. The molecular weight excluding hydrogens is 612 g/mol. The average Bonchev–Trinajstić information content (AvgIpc) is 3.73. The van der Waals surface area contributed by atoms with Crippen LogP contribution in [0, 0.1) is 34.8 Å². The second kappa shape index (κ2) is 11.0. The Morgan fingerprint density at radius 1 is 1.08 bits per heavy atom. The molecule has 8 nitrogen and oxygen atoms in total. The molecule has 48 heavy (non-hydrogen) atoms. The van der Waals surface area contributed by atoms with Gasteiger partial charge in [0.25, 0.3) is 0 Å². The monoisotopic (exact) mass is 651 g/mol. The van der Waals surface area contributed by atoms with E-state index in [1.807, 2.05) is 0 Å². The third-order valence-electron chi connectivity index (χ3n) is 11.5. The molecule has 4 heterocycles. The highest BCUT2D eigenvalue weighted by Crippen LogP contribution is 2.53. The van der Waals surface area contributed by atoms with E-state index in [1.165, 1.54) is 18.2 Å². The molecular formula is C38H39F2N5O3. The van der Waals surface area contributed by atoms with Gasteiger partial charge in [-0.15, -0.1) is 6.42 Å². The van der Waals surface area contributed by atoms with Gasteiger partial charge in [0.2, 0.25) is 0 Å². The van der Waals surface area contributed by atoms with Crippen LogP contribution >= 0.6 is 0 Å². The molecule has 2 atom stereocenters. The van der Waals surface area contributed by atoms with E-state index in [1.54, 1.807) is 25.3 Å². The molecule has 0 amide bonds. The molecule has 248 valence electrons. The third kappa shape index (κ3) is 4.97. The van der Waals surface area contributed by atoms with Crippen molar-refractivity contribution in [1.82, 2.24) is 20.2 Å². The smallest absolute Gasteiger partial charge is 0.319 e. The molecule has 1 spiro atoms. The predicted octanol–water partition coefficient (Wildman–Crippen LogP) is 5.63. The number of piperazine rings is 1. The minimum atomic E-state index is -0.836. The van der Waals surface area contributed by atoms with Gasteiger partial charge >= 0.3 is 6.01 Å². The van der Waals surface area contributed by atoms with Gasteiger partial charge in [0.1, 0.15) is 22.9 Å². The number of aromatic hydroxyl groups is 1. The molecule has 5 aliphatic rings. The van der Waals surface area contributed by atoms with Crippen molar-refractivity contribution in [2.75, 3.05) is 51.3 Å². The number of benzene rings is 3. The lowest BCUT2D eigenvalue weighted by atomic mass is 9.61. The number of anilines is 1. The molecule has 5 fully saturated rings. The number of hydrogen-bond donors (Lipinski definition) is 2. The Balaban J connectivity index is 1.08. The lowest BCUT2D eigenvalue weighted by Gasteiger charge is -2.59. The van der Waals surface area contributed by atoms with Crippen LogP contribution in [0.25, 0.3) is 32.8 Å². The summed E-state index contributed by atoms with van der Waals surface area (Å²) in [5.41, 5.74) is 0.785. The second-order valence-electron chi connectivity index (χ2n) is 15.1. The number of nitrogens with one attached hydrogen (secondary N) is 1. The van der Waals surface area contributed by atoms with Crippen LogP contribution < -0.4 is 15.0 Å². The number of phenols is 1. The Bertz CT molecular complexity index is 1980. The molecule has 3 aromatic carbocycles. The minimum Gasteiger partial charge on any atom is -0.508 e. The van der Waals surface area contributed by atoms with E-state index >= 15 is 8.78 Å². The number of nitrogens with zero attached hydrogens (tertiary/aromatic N) is 4. The van der Waals surface area contributed by atoms with Crippen molar-refractivity contribution in [3.05, 3.63) is 53.6 Å². The average molecular weight is 652 g/mol. The molecule has 2 N–H and O–H groups in total. The molecule has 3 aliphatic heterocycles. The number of aromatic nitrogens is 2. The van der Waals surface area contributed by atoms with E-state index in [4.69, 9.17) is 20.9 Å². The van der Waals surface area contributed by atoms with Gasteiger partial charge in [-0.25, -0.2) is 8.78 Å². The fourth-order valence-corrected chi connectivity index (χ4v) is 8.97. The Morgan fingerprint density at radius 2 is 1.85 bits per heavy atom. The summed E-state index contributed by atoms with van der Waals surface area (Å²) in [7, 11) is 1.80. The molecule has 9 rings (SSSR count). The van der Waals surface area contributed by atoms with Crippen molar-refractivity contribution in [3.63, 3.8) is 0 Å². The quantitative estimate of drug-likeness (QED) is 0.238. The van der Waals surface area contributed by atoms with Gasteiger partial charge in [0.05, 0.1) is 18.3 Å². The maximum Gasteiger partial charge on any atom is 0.319 e. The van der Waals surface area contributed by atoms with E-state index in [-0.39, 0.29) is 45.9 Å². The molecule has 0 radical (unpaired) electrons. The minimum absolute atomic E-state index is 0.0147. The van der Waals surface area contributed by atoms with Crippen LogP contribution in [0.1, 0.15) is 44.1 Å². The van der Waals surface area contributed by atoms with Crippen LogP contribution in [0.2, 0.25) is 0 Å².